The average molecular weight is 354 g/mol. The number of hydrogen-bond donors (Lipinski definition) is 0. The summed E-state index contributed by atoms with van der Waals surface area (Å²) >= 11 is 0. The van der Waals surface area contributed by atoms with Crippen LogP contribution in [-0.4, -0.2) is 24.0 Å². The normalized spacial score (nSPS) is 16.9. The van der Waals surface area contributed by atoms with E-state index in [0.717, 1.165) is 19.3 Å². The zero-order chi connectivity index (χ0) is 18.3. The average Bonchev–Trinajstić information content (AvgIpc) is 2.89. The molecular weight excluding hydrogens is 320 g/mol. The molecule has 0 bridgehead atoms. The molecule has 0 N–H and O–H groups in total. The van der Waals surface area contributed by atoms with Crippen molar-refractivity contribution in [3.05, 3.63) is 0 Å². The van der Waals surface area contributed by atoms with Crippen molar-refractivity contribution in [2.75, 3.05) is 0 Å². The van der Waals surface area contributed by atoms with Crippen LogP contribution >= 0.6 is 0 Å². The minimum Gasteiger partial charge on any atom is -0.450 e. The van der Waals surface area contributed by atoms with Crippen LogP contribution in [0, 0.1) is 0 Å². The predicted octanol–water partition coefficient (Wildman–Crippen LogP) is 4.85. The maximum absolute atomic E-state index is 11.6. The molecule has 25 heavy (non-hydrogen) atoms. The highest BCUT2D eigenvalue weighted by Crippen LogP contribution is 2.15. The highest BCUT2D eigenvalue weighted by molar-refractivity contribution is 5.97. The fourth-order valence-electron chi connectivity index (χ4n) is 3.05. The molecule has 5 nitrogen and oxygen atoms in total. The maximum Gasteiger partial charge on any atom is 0.355 e. The van der Waals surface area contributed by atoms with Crippen LogP contribution in [0.25, 0.3) is 0 Å². The van der Waals surface area contributed by atoms with Crippen molar-refractivity contribution in [2.24, 2.45) is 0 Å². The van der Waals surface area contributed by atoms with E-state index in [2.05, 4.69) is 11.7 Å². The van der Waals surface area contributed by atoms with Crippen molar-refractivity contribution >= 4 is 17.9 Å². The van der Waals surface area contributed by atoms with Crippen molar-refractivity contribution in [2.45, 2.75) is 109 Å². The Morgan fingerprint density at radius 3 is 1.80 bits per heavy atom. The van der Waals surface area contributed by atoms with E-state index in [0.29, 0.717) is 6.42 Å². The number of ether oxygens (including phenoxy) is 2. The molecular formula is C20H34O5. The summed E-state index contributed by atoms with van der Waals surface area (Å²) < 4.78 is 9.31. The quantitative estimate of drug-likeness (QED) is 0.239. The third kappa shape index (κ3) is 11.0. The molecule has 0 aromatic carbocycles. The molecule has 0 unspecified atom stereocenters. The van der Waals surface area contributed by atoms with Crippen LogP contribution in [-0.2, 0) is 23.9 Å². The number of rotatable bonds is 15. The lowest BCUT2D eigenvalue weighted by atomic mass is 10.0. The van der Waals surface area contributed by atoms with Crippen LogP contribution in [0.5, 0.6) is 0 Å². The van der Waals surface area contributed by atoms with E-state index in [4.69, 9.17) is 4.74 Å². The van der Waals surface area contributed by atoms with E-state index in [9.17, 15) is 14.4 Å². The van der Waals surface area contributed by atoms with Crippen LogP contribution in [0.4, 0.5) is 0 Å². The summed E-state index contributed by atoms with van der Waals surface area (Å²) in [6.07, 6.45) is 15.4. The van der Waals surface area contributed by atoms with Gasteiger partial charge >= 0.3 is 17.9 Å². The molecule has 1 aliphatic heterocycles. The van der Waals surface area contributed by atoms with Crippen molar-refractivity contribution in [3.63, 3.8) is 0 Å². The van der Waals surface area contributed by atoms with Crippen molar-refractivity contribution < 1.29 is 23.9 Å². The topological polar surface area (TPSA) is 69.7 Å². The fraction of sp³-hybridized carbons (Fsp3) is 0.850. The second kappa shape index (κ2) is 13.9. The monoisotopic (exact) mass is 354 g/mol. The Balaban J connectivity index is 1.83. The van der Waals surface area contributed by atoms with Gasteiger partial charge in [-0.3, -0.25) is 9.59 Å². The lowest BCUT2D eigenvalue weighted by Crippen LogP contribution is -2.22. The summed E-state index contributed by atoms with van der Waals surface area (Å²) in [5.74, 6) is -1.79. The Morgan fingerprint density at radius 1 is 0.880 bits per heavy atom. The summed E-state index contributed by atoms with van der Waals surface area (Å²) in [7, 11) is 0. The van der Waals surface area contributed by atoms with Gasteiger partial charge in [0, 0.05) is 6.42 Å². The SMILES string of the molecule is CCCCCCCCCCCCCCCC(=O)O[C@H]1CC(=O)OC1=O. The van der Waals surface area contributed by atoms with Gasteiger partial charge in [0.25, 0.3) is 0 Å². The van der Waals surface area contributed by atoms with Gasteiger partial charge in [-0.2, -0.15) is 0 Å². The Bertz CT molecular complexity index is 405. The Labute approximate surface area is 151 Å². The molecule has 1 rings (SSSR count). The van der Waals surface area contributed by atoms with E-state index in [-0.39, 0.29) is 6.42 Å². The van der Waals surface area contributed by atoms with E-state index in [1.165, 1.54) is 64.2 Å². The van der Waals surface area contributed by atoms with Gasteiger partial charge in [-0.1, -0.05) is 84.0 Å². The van der Waals surface area contributed by atoms with Gasteiger partial charge in [0.1, 0.15) is 0 Å². The number of hydrogen-bond acceptors (Lipinski definition) is 5. The molecule has 0 amide bonds. The first-order valence-corrected chi connectivity index (χ1v) is 10.1. The van der Waals surface area contributed by atoms with E-state index < -0.39 is 24.0 Å². The smallest absolute Gasteiger partial charge is 0.355 e. The lowest BCUT2D eigenvalue weighted by Gasteiger charge is -2.07. The molecule has 1 aliphatic rings. The fourth-order valence-corrected chi connectivity index (χ4v) is 3.05. The van der Waals surface area contributed by atoms with Crippen molar-refractivity contribution in [3.8, 4) is 0 Å². The molecule has 0 aromatic heterocycles. The van der Waals surface area contributed by atoms with Crippen molar-refractivity contribution in [1.82, 2.24) is 0 Å². The summed E-state index contributed by atoms with van der Waals surface area (Å²) in [6, 6.07) is 0. The zero-order valence-electron chi connectivity index (χ0n) is 15.7. The first kappa shape index (κ1) is 21.7. The number of unbranched alkanes of at least 4 members (excludes halogenated alkanes) is 12. The Hall–Kier alpha value is -1.39. The first-order chi connectivity index (χ1) is 12.1. The highest BCUT2D eigenvalue weighted by Gasteiger charge is 2.36. The van der Waals surface area contributed by atoms with Gasteiger partial charge in [0.05, 0.1) is 6.42 Å². The summed E-state index contributed by atoms with van der Waals surface area (Å²) in [6.45, 7) is 2.25. The summed E-state index contributed by atoms with van der Waals surface area (Å²) in [4.78, 5) is 33.7. The predicted molar refractivity (Wildman–Crippen MR) is 95.9 cm³/mol. The van der Waals surface area contributed by atoms with Gasteiger partial charge < -0.3 is 9.47 Å². The van der Waals surface area contributed by atoms with Crippen LogP contribution in [0.15, 0.2) is 0 Å². The standard InChI is InChI=1S/C20H34O5/c1-2-3-4-5-6-7-8-9-10-11-12-13-14-15-18(21)24-17-16-19(22)25-20(17)23/h17H,2-16H2,1H3/t17-/m0/s1. The van der Waals surface area contributed by atoms with Gasteiger partial charge in [-0.05, 0) is 6.42 Å². The second-order valence-electron chi connectivity index (χ2n) is 6.97. The van der Waals surface area contributed by atoms with Gasteiger partial charge in [0.15, 0.2) is 0 Å². The number of esters is 3. The molecule has 1 fully saturated rings. The molecule has 1 heterocycles. The molecule has 0 aliphatic carbocycles. The molecule has 5 heteroatoms. The number of carbonyl (C=O) groups excluding carboxylic acids is 3. The lowest BCUT2D eigenvalue weighted by molar-refractivity contribution is -0.162. The Morgan fingerprint density at radius 2 is 1.36 bits per heavy atom. The zero-order valence-corrected chi connectivity index (χ0v) is 15.7. The van der Waals surface area contributed by atoms with E-state index in [1.54, 1.807) is 0 Å². The minimum absolute atomic E-state index is 0.150. The maximum atomic E-state index is 11.6. The molecule has 0 spiro atoms. The van der Waals surface area contributed by atoms with Crippen molar-refractivity contribution in [1.29, 1.82) is 0 Å². The first-order valence-electron chi connectivity index (χ1n) is 10.1. The van der Waals surface area contributed by atoms with E-state index in [1.807, 2.05) is 0 Å². The largest absolute Gasteiger partial charge is 0.450 e. The molecule has 0 radical (unpaired) electrons. The summed E-state index contributed by atoms with van der Waals surface area (Å²) in [5, 5.41) is 0. The van der Waals surface area contributed by atoms with Crippen LogP contribution in [0.3, 0.4) is 0 Å². The molecule has 0 aromatic rings. The number of carbonyl (C=O) groups is 3. The third-order valence-electron chi connectivity index (χ3n) is 4.59. The van der Waals surface area contributed by atoms with E-state index >= 15 is 0 Å². The van der Waals surface area contributed by atoms with Gasteiger partial charge in [-0.15, -0.1) is 0 Å². The van der Waals surface area contributed by atoms with Crippen LogP contribution in [0.2, 0.25) is 0 Å². The van der Waals surface area contributed by atoms with Crippen LogP contribution in [0.1, 0.15) is 103 Å². The third-order valence-corrected chi connectivity index (χ3v) is 4.59. The molecule has 1 saturated heterocycles. The highest BCUT2D eigenvalue weighted by atomic mass is 16.6. The summed E-state index contributed by atoms with van der Waals surface area (Å²) in [5.41, 5.74) is 0. The molecule has 144 valence electrons. The molecule has 0 saturated carbocycles. The van der Waals surface area contributed by atoms with Gasteiger partial charge in [0.2, 0.25) is 6.10 Å². The van der Waals surface area contributed by atoms with Crippen LogP contribution < -0.4 is 0 Å². The minimum atomic E-state index is -1.03. The number of cyclic esters (lactones) is 2. The Kier molecular flexibility index (Phi) is 12.0. The second-order valence-corrected chi connectivity index (χ2v) is 6.97. The molecule has 1 atom stereocenters. The van der Waals surface area contributed by atoms with Gasteiger partial charge in [-0.25, -0.2) is 4.79 Å².